The van der Waals surface area contributed by atoms with Crippen LogP contribution in [0, 0.1) is 0 Å². The average Bonchev–Trinajstić information content (AvgIpc) is 2.17. The molecule has 0 atom stereocenters. The zero-order chi connectivity index (χ0) is 6.24. The van der Waals surface area contributed by atoms with E-state index in [1.54, 1.807) is 18.7 Å². The average molecular weight is 157 g/mol. The summed E-state index contributed by atoms with van der Waals surface area (Å²) in [7, 11) is 0. The van der Waals surface area contributed by atoms with Gasteiger partial charge in [0.15, 0.2) is 0 Å². The number of aromatic nitrogens is 2. The number of nitrogens with zero attached hydrogens (tertiary/aromatic N) is 1. The van der Waals surface area contributed by atoms with E-state index in [2.05, 4.69) is 21.7 Å². The summed E-state index contributed by atoms with van der Waals surface area (Å²) in [5.74, 6) is 4.19. The molecule has 3 heteroatoms. The Hall–Kier alpha value is -0.284. The maximum atomic E-state index is 3.67. The second-order valence-electron chi connectivity index (χ2n) is 1.09. The molecule has 0 aromatic carbocycles. The second kappa shape index (κ2) is 6.72. The van der Waals surface area contributed by atoms with Crippen LogP contribution < -0.4 is 0 Å². The summed E-state index contributed by atoms with van der Waals surface area (Å²) in [4.78, 5) is 6.42. The summed E-state index contributed by atoms with van der Waals surface area (Å²) in [6.45, 7) is 0. The summed E-state index contributed by atoms with van der Waals surface area (Å²) in [5, 5.41) is 0. The van der Waals surface area contributed by atoms with Crippen LogP contribution in [0.15, 0.2) is 18.7 Å². The largest absolute Gasteiger partial charge is 0.351 e. The maximum Gasteiger partial charge on any atom is 0.0919 e. The van der Waals surface area contributed by atoms with Gasteiger partial charge in [-0.1, -0.05) is 0 Å². The Balaban J connectivity index is 0.000000145. The first-order valence-corrected chi connectivity index (χ1v) is 4.18. The minimum Gasteiger partial charge on any atom is -0.351 e. The normalized spacial score (nSPS) is 7.75. The van der Waals surface area contributed by atoms with E-state index in [4.69, 9.17) is 0 Å². The number of nitrogens with one attached hydrogen (secondary N) is 1. The molecule has 0 saturated heterocycles. The monoisotopic (exact) mass is 157 g/mol. The zero-order valence-electron chi connectivity index (χ0n) is 5.01. The summed E-state index contributed by atoms with van der Waals surface area (Å²) >= 11 is 1.44. The molecular weight excluding hydrogens is 147 g/mol. The molecule has 0 saturated carbocycles. The predicted molar refractivity (Wildman–Crippen MR) is 30.3 cm³/mol. The summed E-state index contributed by atoms with van der Waals surface area (Å²) in [6.07, 6.45) is 5.08. The van der Waals surface area contributed by atoms with Crippen LogP contribution in [0.2, 0.25) is 11.7 Å². The molecule has 0 spiro atoms. The Morgan fingerprint density at radius 3 is 2.25 bits per heavy atom. The predicted octanol–water partition coefficient (Wildman–Crippen LogP) is 1.57. The number of aromatic amines is 1. The van der Waals surface area contributed by atoms with Crippen LogP contribution >= 0.6 is 0 Å². The van der Waals surface area contributed by atoms with E-state index in [1.165, 1.54) is 14.7 Å². The van der Waals surface area contributed by atoms with E-state index in [-0.39, 0.29) is 0 Å². The third-order valence-corrected chi connectivity index (χ3v) is 0.406. The fourth-order valence-corrected chi connectivity index (χ4v) is 0.215. The molecule has 0 fully saturated rings. The van der Waals surface area contributed by atoms with Gasteiger partial charge in [0.05, 0.1) is 6.33 Å². The van der Waals surface area contributed by atoms with Gasteiger partial charge in [-0.3, -0.25) is 0 Å². The molecule has 0 aliphatic carbocycles. The van der Waals surface area contributed by atoms with Crippen molar-refractivity contribution in [1.82, 2.24) is 9.97 Å². The number of H-pyrrole nitrogens is 1. The van der Waals surface area contributed by atoms with E-state index in [0.717, 1.165) is 0 Å². The van der Waals surface area contributed by atoms with Crippen LogP contribution in [0.4, 0.5) is 0 Å². The van der Waals surface area contributed by atoms with Gasteiger partial charge in [0.1, 0.15) is 0 Å². The molecule has 0 radical (unpaired) electrons. The number of rotatable bonds is 0. The Bertz CT molecular complexity index is 77.3. The second-order valence-corrected chi connectivity index (χ2v) is 2.13. The molecule has 1 N–H and O–H groups in total. The fraction of sp³-hybridized carbons (Fsp3) is 0.400. The van der Waals surface area contributed by atoms with Gasteiger partial charge in [0.25, 0.3) is 0 Å². The van der Waals surface area contributed by atoms with Crippen molar-refractivity contribution in [2.24, 2.45) is 0 Å². The summed E-state index contributed by atoms with van der Waals surface area (Å²) in [5.41, 5.74) is 0. The van der Waals surface area contributed by atoms with E-state index in [1.807, 2.05) is 0 Å². The molecule has 1 aromatic heterocycles. The van der Waals surface area contributed by atoms with Crippen LogP contribution in [0.5, 0.6) is 0 Å². The van der Waals surface area contributed by atoms with Gasteiger partial charge in [0.2, 0.25) is 0 Å². The molecule has 2 nitrogen and oxygen atoms in total. The number of imidazole rings is 1. The van der Waals surface area contributed by atoms with Crippen LogP contribution in [0.25, 0.3) is 0 Å². The molecule has 0 unspecified atom stereocenters. The van der Waals surface area contributed by atoms with Gasteiger partial charge in [-0.05, 0) is 0 Å². The Morgan fingerprint density at radius 1 is 1.50 bits per heavy atom. The van der Waals surface area contributed by atoms with Crippen LogP contribution in [0.3, 0.4) is 0 Å². The van der Waals surface area contributed by atoms with Crippen molar-refractivity contribution in [2.45, 2.75) is 11.7 Å². The topological polar surface area (TPSA) is 28.7 Å². The smallest absolute Gasteiger partial charge is 0.0919 e. The molecule has 49 valence electrons. The maximum absolute atomic E-state index is 3.67. The van der Waals surface area contributed by atoms with Crippen LogP contribution in [0.1, 0.15) is 0 Å². The van der Waals surface area contributed by atoms with Gasteiger partial charge in [-0.25, -0.2) is 4.98 Å². The van der Waals surface area contributed by atoms with E-state index in [9.17, 15) is 0 Å². The van der Waals surface area contributed by atoms with Crippen molar-refractivity contribution in [2.75, 3.05) is 0 Å². The van der Waals surface area contributed by atoms with Crippen molar-refractivity contribution in [3.05, 3.63) is 18.7 Å². The molecule has 1 aromatic rings. The SMILES string of the molecule is [CH3][Co][CH3].c1c[nH]cn1. The number of hydrogen-bond donors (Lipinski definition) is 1. The van der Waals surface area contributed by atoms with E-state index >= 15 is 0 Å². The van der Waals surface area contributed by atoms with Gasteiger partial charge in [0, 0.05) is 12.4 Å². The van der Waals surface area contributed by atoms with Gasteiger partial charge in [-0.2, -0.15) is 0 Å². The molecule has 1 rings (SSSR count). The van der Waals surface area contributed by atoms with Crippen molar-refractivity contribution in [3.8, 4) is 0 Å². The third-order valence-electron chi connectivity index (χ3n) is 0.406. The molecule has 1 heterocycles. The van der Waals surface area contributed by atoms with Gasteiger partial charge in [-0.15, -0.1) is 0 Å². The Labute approximate surface area is 55.7 Å². The summed E-state index contributed by atoms with van der Waals surface area (Å²) < 4.78 is 0. The van der Waals surface area contributed by atoms with Gasteiger partial charge < -0.3 is 4.98 Å². The van der Waals surface area contributed by atoms with E-state index in [0.29, 0.717) is 0 Å². The summed E-state index contributed by atoms with van der Waals surface area (Å²) in [6, 6.07) is 0. The van der Waals surface area contributed by atoms with Gasteiger partial charge >= 0.3 is 26.4 Å². The standard InChI is InChI=1S/C3H4N2.2CH3.Co/c1-2-5-3-4-1;;;/h1-3H,(H,4,5);2*1H3;. The van der Waals surface area contributed by atoms with E-state index < -0.39 is 0 Å². The Morgan fingerprint density at radius 2 is 2.12 bits per heavy atom. The minimum atomic E-state index is 1.44. The molecular formula is C5H10CoN2. The van der Waals surface area contributed by atoms with Crippen LogP contribution in [-0.4, -0.2) is 9.97 Å². The minimum absolute atomic E-state index is 1.44. The van der Waals surface area contributed by atoms with Crippen molar-refractivity contribution < 1.29 is 14.7 Å². The van der Waals surface area contributed by atoms with Crippen molar-refractivity contribution >= 4 is 0 Å². The quantitative estimate of drug-likeness (QED) is 0.608. The molecule has 8 heavy (non-hydrogen) atoms. The molecule has 0 aliphatic rings. The molecule has 0 amide bonds. The first kappa shape index (κ1) is 7.72. The van der Waals surface area contributed by atoms with Crippen molar-refractivity contribution in [3.63, 3.8) is 0 Å². The molecule has 0 aliphatic heterocycles. The fourth-order valence-electron chi connectivity index (χ4n) is 0.215. The number of hydrogen-bond acceptors (Lipinski definition) is 1. The first-order valence-electron chi connectivity index (χ1n) is 2.09. The van der Waals surface area contributed by atoms with Crippen molar-refractivity contribution in [1.29, 1.82) is 0 Å². The van der Waals surface area contributed by atoms with Crippen LogP contribution in [-0.2, 0) is 14.7 Å². The zero-order valence-corrected chi connectivity index (χ0v) is 6.05. The third kappa shape index (κ3) is 5.72. The Kier molecular flexibility index (Phi) is 6.48. The molecule has 0 bridgehead atoms. The first-order chi connectivity index (χ1) is 3.91.